The van der Waals surface area contributed by atoms with Crippen LogP contribution in [0.2, 0.25) is 0 Å². The van der Waals surface area contributed by atoms with Gasteiger partial charge in [-0.2, -0.15) is 0 Å². The highest BCUT2D eigenvalue weighted by Gasteiger charge is 2.69. The lowest BCUT2D eigenvalue weighted by molar-refractivity contribution is -0.192. The predicted octanol–water partition coefficient (Wildman–Crippen LogP) is 4.01. The third-order valence-corrected chi connectivity index (χ3v) is 9.36. The Morgan fingerprint density at radius 1 is 0.792 bits per heavy atom. The monoisotopic (exact) mass is 742 g/mol. The molecule has 1 aromatic rings. The van der Waals surface area contributed by atoms with Crippen LogP contribution in [0.3, 0.4) is 0 Å². The summed E-state index contributed by atoms with van der Waals surface area (Å²) in [5.74, 6) is -9.76. The number of ether oxygens (including phenoxy) is 6. The zero-order valence-electron chi connectivity index (χ0n) is 31.8. The lowest BCUT2D eigenvalue weighted by Crippen LogP contribution is -2.58. The van der Waals surface area contributed by atoms with Crippen LogP contribution in [-0.2, 0) is 57.2 Å². The molecule has 0 aliphatic heterocycles. The lowest BCUT2D eigenvalue weighted by atomic mass is 9.72. The van der Waals surface area contributed by atoms with Crippen molar-refractivity contribution >= 4 is 41.6 Å². The minimum atomic E-state index is -2.58. The van der Waals surface area contributed by atoms with Crippen LogP contribution < -0.4 is 0 Å². The molecule has 0 spiro atoms. The van der Waals surface area contributed by atoms with Crippen molar-refractivity contribution in [1.29, 1.82) is 0 Å². The molecule has 1 N–H and O–H groups in total. The van der Waals surface area contributed by atoms with Gasteiger partial charge in [-0.15, -0.1) is 0 Å². The van der Waals surface area contributed by atoms with Gasteiger partial charge in [0.15, 0.2) is 30.2 Å². The second-order valence-electron chi connectivity index (χ2n) is 14.8. The maximum absolute atomic E-state index is 14.6. The molecule has 0 heterocycles. The minimum Gasteiger partial charge on any atom is -0.458 e. The second kappa shape index (κ2) is 16.4. The number of ketones is 1. The number of benzene rings is 1. The predicted molar refractivity (Wildman–Crippen MR) is 186 cm³/mol. The van der Waals surface area contributed by atoms with E-state index in [0.717, 1.165) is 27.7 Å². The van der Waals surface area contributed by atoms with E-state index in [2.05, 4.69) is 6.58 Å². The van der Waals surface area contributed by atoms with Gasteiger partial charge in [0, 0.05) is 51.0 Å². The van der Waals surface area contributed by atoms with Crippen LogP contribution in [-0.4, -0.2) is 88.4 Å². The number of carbonyl (C=O) groups is 7. The average molecular weight is 743 g/mol. The quantitative estimate of drug-likeness (QED) is 0.228. The molecule has 1 fully saturated rings. The largest absolute Gasteiger partial charge is 0.458 e. The van der Waals surface area contributed by atoms with Gasteiger partial charge in [0.05, 0.1) is 17.4 Å². The molecule has 0 amide bonds. The molecular formula is C39H50O14. The zero-order valence-corrected chi connectivity index (χ0v) is 31.8. The van der Waals surface area contributed by atoms with Crippen molar-refractivity contribution < 1.29 is 67.1 Å². The molecule has 9 atom stereocenters. The second-order valence-corrected chi connectivity index (χ2v) is 14.8. The molecule has 2 aliphatic carbocycles. The van der Waals surface area contributed by atoms with Crippen LogP contribution >= 0.6 is 0 Å². The highest BCUT2D eigenvalue weighted by Crippen LogP contribution is 2.52. The molecule has 0 aromatic heterocycles. The van der Waals surface area contributed by atoms with Crippen LogP contribution in [0.1, 0.15) is 86.0 Å². The molecule has 290 valence electrons. The van der Waals surface area contributed by atoms with E-state index in [1.54, 1.807) is 32.0 Å². The van der Waals surface area contributed by atoms with E-state index >= 15 is 0 Å². The highest BCUT2D eigenvalue weighted by atomic mass is 16.6. The van der Waals surface area contributed by atoms with Crippen molar-refractivity contribution in [2.45, 2.75) is 117 Å². The SMILES string of the molecule is C=C1C(OC(=O)C(C)C)C(OC(C)=O)C(OC(C)=O)C(C)(C)C=CC(C)C(=O)C2(O)CC(C)(OC(C)=O)C(OC(C)=O)C2C1OC(=O)c1ccccc1. The number of aliphatic hydroxyl groups is 1. The third kappa shape index (κ3) is 9.58. The summed E-state index contributed by atoms with van der Waals surface area (Å²) in [5.41, 5.74) is -6.08. The summed E-state index contributed by atoms with van der Waals surface area (Å²) in [4.78, 5) is 92.7. The Balaban J connectivity index is 2.55. The molecule has 9 unspecified atom stereocenters. The molecule has 3 rings (SSSR count). The first-order valence-electron chi connectivity index (χ1n) is 17.3. The number of rotatable bonds is 8. The van der Waals surface area contributed by atoms with Gasteiger partial charge in [0.25, 0.3) is 0 Å². The Morgan fingerprint density at radius 3 is 1.85 bits per heavy atom. The Bertz CT molecular complexity index is 1640. The molecule has 0 saturated heterocycles. The van der Waals surface area contributed by atoms with E-state index in [1.807, 2.05) is 0 Å². The number of Topliss-reactive ketones (excluding diaryl/α,β-unsaturated/α-hetero) is 1. The van der Waals surface area contributed by atoms with Gasteiger partial charge in [-0.25, -0.2) is 4.79 Å². The highest BCUT2D eigenvalue weighted by molar-refractivity contribution is 5.92. The van der Waals surface area contributed by atoms with Crippen molar-refractivity contribution in [2.75, 3.05) is 0 Å². The first-order chi connectivity index (χ1) is 24.4. The molecule has 0 radical (unpaired) electrons. The number of hydrogen-bond acceptors (Lipinski definition) is 14. The number of fused-ring (bicyclic) bond motifs is 1. The van der Waals surface area contributed by atoms with Gasteiger partial charge < -0.3 is 33.5 Å². The standard InChI is InChI=1S/C39H50O14/c1-20(2)35(45)52-30-22(4)29(51-36(46)27-15-13-12-14-16-27)28-33(49-24(6)41)38(11,53-26(8)43)19-39(28,47)32(44)21(3)17-18-37(9,10)34(50-25(7)42)31(30)48-23(5)40/h12-18,20-21,28-31,33-34,47H,4,19H2,1-3,5-11H3. The Hall–Kier alpha value is -4.85. The Kier molecular flexibility index (Phi) is 13.2. The minimum absolute atomic E-state index is 0.0218. The molecule has 53 heavy (non-hydrogen) atoms. The van der Waals surface area contributed by atoms with E-state index in [9.17, 15) is 38.7 Å². The number of allylic oxidation sites excluding steroid dienone is 1. The molecule has 14 heteroatoms. The Labute approximate surface area is 309 Å². The molecule has 1 saturated carbocycles. The summed E-state index contributed by atoms with van der Waals surface area (Å²) in [5, 5.41) is 12.7. The van der Waals surface area contributed by atoms with Crippen molar-refractivity contribution in [3.63, 3.8) is 0 Å². The normalized spacial score (nSPS) is 31.2. The third-order valence-electron chi connectivity index (χ3n) is 9.36. The fourth-order valence-corrected chi connectivity index (χ4v) is 7.02. The summed E-state index contributed by atoms with van der Waals surface area (Å²) in [6.07, 6.45) is -6.14. The van der Waals surface area contributed by atoms with Crippen LogP contribution in [0.4, 0.5) is 0 Å². The van der Waals surface area contributed by atoms with E-state index in [4.69, 9.17) is 28.4 Å². The van der Waals surface area contributed by atoms with Gasteiger partial charge in [-0.3, -0.25) is 28.8 Å². The summed E-state index contributed by atoms with van der Waals surface area (Å²) in [7, 11) is 0. The molecule has 1 aromatic carbocycles. The lowest BCUT2D eigenvalue weighted by Gasteiger charge is -2.44. The summed E-state index contributed by atoms with van der Waals surface area (Å²) < 4.78 is 35.1. The number of hydrogen-bond donors (Lipinski definition) is 1. The van der Waals surface area contributed by atoms with E-state index in [-0.39, 0.29) is 11.1 Å². The van der Waals surface area contributed by atoms with Crippen molar-refractivity contribution in [1.82, 2.24) is 0 Å². The van der Waals surface area contributed by atoms with E-state index in [1.165, 1.54) is 52.0 Å². The van der Waals surface area contributed by atoms with Gasteiger partial charge in [-0.05, 0) is 19.1 Å². The maximum atomic E-state index is 14.6. The molecular weight excluding hydrogens is 692 g/mol. The van der Waals surface area contributed by atoms with Gasteiger partial charge in [0.1, 0.15) is 17.3 Å². The molecule has 0 bridgehead atoms. The summed E-state index contributed by atoms with van der Waals surface area (Å²) in [6.45, 7) is 17.7. The fraction of sp³-hybridized carbons (Fsp3) is 0.564. The number of carbonyl (C=O) groups excluding carboxylic acids is 7. The van der Waals surface area contributed by atoms with Crippen LogP contribution in [0.25, 0.3) is 0 Å². The Morgan fingerprint density at radius 2 is 1.34 bits per heavy atom. The van der Waals surface area contributed by atoms with Gasteiger partial charge in [-0.1, -0.05) is 71.5 Å². The van der Waals surface area contributed by atoms with Crippen molar-refractivity contribution in [2.24, 2.45) is 23.2 Å². The topological polar surface area (TPSA) is 195 Å². The van der Waals surface area contributed by atoms with Crippen LogP contribution in [0, 0.1) is 23.2 Å². The van der Waals surface area contributed by atoms with Crippen LogP contribution in [0.15, 0.2) is 54.6 Å². The van der Waals surface area contributed by atoms with Crippen LogP contribution in [0.5, 0.6) is 0 Å². The zero-order chi connectivity index (χ0) is 40.2. The van der Waals surface area contributed by atoms with E-state index < -0.39 is 113 Å². The summed E-state index contributed by atoms with van der Waals surface area (Å²) in [6, 6.07) is 7.64. The van der Waals surface area contributed by atoms with Crippen molar-refractivity contribution in [3.05, 3.63) is 60.2 Å². The first kappa shape index (κ1) is 42.6. The smallest absolute Gasteiger partial charge is 0.338 e. The van der Waals surface area contributed by atoms with E-state index in [0.29, 0.717) is 0 Å². The molecule has 2 aliphatic rings. The van der Waals surface area contributed by atoms with Gasteiger partial charge in [0.2, 0.25) is 0 Å². The summed E-state index contributed by atoms with van der Waals surface area (Å²) >= 11 is 0. The average Bonchev–Trinajstić information content (AvgIpc) is 3.26. The molecule has 14 nitrogen and oxygen atoms in total. The van der Waals surface area contributed by atoms with Crippen molar-refractivity contribution in [3.8, 4) is 0 Å². The van der Waals surface area contributed by atoms with Gasteiger partial charge >= 0.3 is 35.8 Å². The first-order valence-corrected chi connectivity index (χ1v) is 17.3. The maximum Gasteiger partial charge on any atom is 0.338 e. The number of esters is 6. The fourth-order valence-electron chi connectivity index (χ4n) is 7.02.